The molecule has 0 aliphatic heterocycles. The van der Waals surface area contributed by atoms with Gasteiger partial charge in [0.05, 0.1) is 35.2 Å². The Bertz CT molecular complexity index is 1670. The third-order valence-corrected chi connectivity index (χ3v) is 5.66. The molecule has 1 amide bonds. The molecular formula is C24H16F6N8O. The van der Waals surface area contributed by atoms with Crippen LogP contribution in [-0.4, -0.2) is 35.3 Å². The number of aromatic nitrogens is 6. The highest BCUT2D eigenvalue weighted by Gasteiger charge is 2.39. The molecule has 0 unspecified atom stereocenters. The maximum Gasteiger partial charge on any atom is 0.434 e. The summed E-state index contributed by atoms with van der Waals surface area (Å²) < 4.78 is 84.5. The average molecular weight is 546 g/mol. The molecule has 0 radical (unpaired) electrons. The highest BCUT2D eigenvalue weighted by molar-refractivity contribution is 6.05. The third kappa shape index (κ3) is 5.10. The van der Waals surface area contributed by atoms with Gasteiger partial charge in [-0.25, -0.2) is 9.50 Å². The van der Waals surface area contributed by atoms with Gasteiger partial charge in [-0.05, 0) is 17.7 Å². The number of carbonyl (C=O) groups is 1. The fourth-order valence-electron chi connectivity index (χ4n) is 3.98. The van der Waals surface area contributed by atoms with Gasteiger partial charge in [-0.1, -0.05) is 30.3 Å². The summed E-state index contributed by atoms with van der Waals surface area (Å²) in [5, 5.41) is 10.2. The summed E-state index contributed by atoms with van der Waals surface area (Å²) in [6.07, 6.45) is -5.63. The number of pyridine rings is 1. The summed E-state index contributed by atoms with van der Waals surface area (Å²) in [4.78, 5) is 19.9. The number of hydrogen-bond donors (Lipinski definition) is 2. The number of nitrogen functional groups attached to an aromatic ring is 1. The normalized spacial score (nSPS) is 12.2. The number of rotatable bonds is 5. The van der Waals surface area contributed by atoms with Gasteiger partial charge in [0.15, 0.2) is 11.5 Å². The molecule has 5 aromatic rings. The van der Waals surface area contributed by atoms with Crippen LogP contribution in [-0.2, 0) is 18.9 Å². The average Bonchev–Trinajstić information content (AvgIpc) is 3.49. The molecule has 0 fully saturated rings. The molecule has 0 saturated heterocycles. The van der Waals surface area contributed by atoms with Crippen LogP contribution in [0.4, 0.5) is 37.8 Å². The molecule has 0 atom stereocenters. The van der Waals surface area contributed by atoms with Crippen molar-refractivity contribution in [3.63, 3.8) is 0 Å². The molecule has 0 spiro atoms. The number of hydrogen-bond acceptors (Lipinski definition) is 6. The van der Waals surface area contributed by atoms with Crippen molar-refractivity contribution < 1.29 is 31.1 Å². The molecular weight excluding hydrogens is 530 g/mol. The van der Waals surface area contributed by atoms with Crippen LogP contribution in [0, 0.1) is 0 Å². The number of halogens is 6. The van der Waals surface area contributed by atoms with E-state index in [-0.39, 0.29) is 16.9 Å². The van der Waals surface area contributed by atoms with Gasteiger partial charge in [0.1, 0.15) is 11.8 Å². The van der Waals surface area contributed by atoms with Crippen LogP contribution in [0.15, 0.2) is 67.4 Å². The van der Waals surface area contributed by atoms with Gasteiger partial charge in [-0.3, -0.25) is 14.5 Å². The third-order valence-electron chi connectivity index (χ3n) is 5.66. The second-order valence-electron chi connectivity index (χ2n) is 8.33. The van der Waals surface area contributed by atoms with Gasteiger partial charge in [-0.2, -0.15) is 36.5 Å². The first kappa shape index (κ1) is 25.7. The van der Waals surface area contributed by atoms with E-state index in [4.69, 9.17) is 5.73 Å². The van der Waals surface area contributed by atoms with Gasteiger partial charge in [0.25, 0.3) is 5.91 Å². The van der Waals surface area contributed by atoms with Crippen LogP contribution in [0.5, 0.6) is 0 Å². The number of anilines is 2. The Morgan fingerprint density at radius 1 is 0.949 bits per heavy atom. The van der Waals surface area contributed by atoms with Crippen molar-refractivity contribution in [2.75, 3.05) is 11.1 Å². The van der Waals surface area contributed by atoms with Gasteiger partial charge in [0.2, 0.25) is 0 Å². The Labute approximate surface area is 214 Å². The van der Waals surface area contributed by atoms with E-state index < -0.39 is 46.4 Å². The second kappa shape index (κ2) is 9.41. The van der Waals surface area contributed by atoms with Gasteiger partial charge < -0.3 is 11.1 Å². The van der Waals surface area contributed by atoms with Crippen molar-refractivity contribution in [2.24, 2.45) is 0 Å². The Balaban J connectivity index is 1.53. The number of nitrogens with two attached hydrogens (primary N) is 1. The van der Waals surface area contributed by atoms with Crippen molar-refractivity contribution in [3.05, 3.63) is 89.8 Å². The minimum Gasteiger partial charge on any atom is -0.382 e. The Hall–Kier alpha value is -4.95. The summed E-state index contributed by atoms with van der Waals surface area (Å²) in [5.74, 6) is -1.68. The highest BCUT2D eigenvalue weighted by Crippen LogP contribution is 2.39. The summed E-state index contributed by atoms with van der Waals surface area (Å²) in [6, 6.07) is 10.6. The van der Waals surface area contributed by atoms with Crippen LogP contribution in [0.25, 0.3) is 16.8 Å². The molecule has 4 aromatic heterocycles. The minimum atomic E-state index is -5.03. The lowest BCUT2D eigenvalue weighted by Crippen LogP contribution is -2.20. The molecule has 4 heterocycles. The molecule has 3 N–H and O–H groups in total. The summed E-state index contributed by atoms with van der Waals surface area (Å²) in [7, 11) is 0. The number of benzene rings is 1. The van der Waals surface area contributed by atoms with Crippen molar-refractivity contribution in [1.82, 2.24) is 29.4 Å². The Kier molecular flexibility index (Phi) is 6.20. The number of nitrogens with zero attached hydrogens (tertiary/aromatic N) is 6. The zero-order valence-corrected chi connectivity index (χ0v) is 19.5. The van der Waals surface area contributed by atoms with Crippen LogP contribution in [0.1, 0.15) is 27.2 Å². The lowest BCUT2D eigenvalue weighted by Gasteiger charge is -2.13. The number of fused-ring (bicyclic) bond motifs is 1. The number of carbonyl (C=O) groups excluding carboxylic acids is 1. The fraction of sp³-hybridized carbons (Fsp3) is 0.125. The standard InChI is InChI=1S/C24H16F6N8O/c25-23(26,27)17-7-18(38-19(17)21(31)33-12-35-38)14-6-16(20(32-8-14)24(28,29)30)22(39)36-15-9-34-37(11-15)10-13-4-2-1-3-5-13/h1-9,11-12H,10H2,(H,36,39)(H2,31,33,35). The maximum absolute atomic E-state index is 13.7. The molecule has 0 aliphatic rings. The van der Waals surface area contributed by atoms with Gasteiger partial charge in [0, 0.05) is 18.0 Å². The largest absolute Gasteiger partial charge is 0.434 e. The predicted octanol–water partition coefficient (Wildman–Crippen LogP) is 4.91. The fourth-order valence-corrected chi connectivity index (χ4v) is 3.98. The molecule has 5 rings (SSSR count). The van der Waals surface area contributed by atoms with E-state index in [9.17, 15) is 31.1 Å². The minimum absolute atomic E-state index is 0.0995. The zero-order chi connectivity index (χ0) is 27.9. The van der Waals surface area contributed by atoms with Crippen molar-refractivity contribution in [1.29, 1.82) is 0 Å². The van der Waals surface area contributed by atoms with Crippen molar-refractivity contribution in [3.8, 4) is 11.3 Å². The van der Waals surface area contributed by atoms with Crippen molar-refractivity contribution >= 4 is 22.9 Å². The SMILES string of the molecule is Nc1ncnn2c(-c3cnc(C(F)(F)F)c(C(=O)Nc4cnn(Cc5ccccc5)c4)c3)cc(C(F)(F)F)c12. The molecule has 0 bridgehead atoms. The first-order valence-electron chi connectivity index (χ1n) is 11.1. The van der Waals surface area contributed by atoms with Crippen molar-refractivity contribution in [2.45, 2.75) is 18.9 Å². The lowest BCUT2D eigenvalue weighted by molar-refractivity contribution is -0.141. The van der Waals surface area contributed by atoms with E-state index in [1.165, 1.54) is 17.1 Å². The van der Waals surface area contributed by atoms with E-state index in [2.05, 4.69) is 25.5 Å². The number of nitrogens with one attached hydrogen (secondary N) is 1. The van der Waals surface area contributed by atoms with Crippen LogP contribution in [0.2, 0.25) is 0 Å². The smallest absolute Gasteiger partial charge is 0.382 e. The lowest BCUT2D eigenvalue weighted by atomic mass is 10.1. The zero-order valence-electron chi connectivity index (χ0n) is 19.5. The molecule has 200 valence electrons. The first-order valence-corrected chi connectivity index (χ1v) is 11.1. The molecule has 9 nitrogen and oxygen atoms in total. The van der Waals surface area contributed by atoms with Crippen LogP contribution >= 0.6 is 0 Å². The van der Waals surface area contributed by atoms with E-state index in [0.717, 1.165) is 22.5 Å². The maximum atomic E-state index is 13.7. The van der Waals surface area contributed by atoms with E-state index >= 15 is 0 Å². The molecule has 15 heteroatoms. The van der Waals surface area contributed by atoms with E-state index in [1.807, 2.05) is 30.3 Å². The summed E-state index contributed by atoms with van der Waals surface area (Å²) >= 11 is 0. The van der Waals surface area contributed by atoms with Crippen LogP contribution in [0.3, 0.4) is 0 Å². The van der Waals surface area contributed by atoms with Crippen LogP contribution < -0.4 is 11.1 Å². The number of amides is 1. The quantitative estimate of drug-likeness (QED) is 0.303. The molecule has 0 saturated carbocycles. The second-order valence-corrected chi connectivity index (χ2v) is 8.33. The van der Waals surface area contributed by atoms with Gasteiger partial charge in [-0.15, -0.1) is 0 Å². The number of alkyl halides is 6. The van der Waals surface area contributed by atoms with Gasteiger partial charge >= 0.3 is 12.4 Å². The summed E-state index contributed by atoms with van der Waals surface area (Å²) in [6.45, 7) is 0.343. The topological polar surface area (TPSA) is 116 Å². The highest BCUT2D eigenvalue weighted by atomic mass is 19.4. The van der Waals surface area contributed by atoms with E-state index in [0.29, 0.717) is 18.8 Å². The first-order chi connectivity index (χ1) is 18.4. The molecule has 1 aromatic carbocycles. The van der Waals surface area contributed by atoms with E-state index in [1.54, 1.807) is 0 Å². The monoisotopic (exact) mass is 546 g/mol. The molecule has 0 aliphatic carbocycles. The molecule has 39 heavy (non-hydrogen) atoms. The Morgan fingerprint density at radius 2 is 1.69 bits per heavy atom. The Morgan fingerprint density at radius 3 is 2.38 bits per heavy atom. The summed E-state index contributed by atoms with van der Waals surface area (Å²) in [5.41, 5.74) is 1.87. The predicted molar refractivity (Wildman–Crippen MR) is 126 cm³/mol.